The molecule has 0 radical (unpaired) electrons. The molecule has 1 aromatic rings. The zero-order chi connectivity index (χ0) is 26.2. The molecule has 0 saturated heterocycles. The molecular formula is C28H37F3N4O. The van der Waals surface area contributed by atoms with Crippen molar-refractivity contribution in [3.63, 3.8) is 0 Å². The first-order valence-corrected chi connectivity index (χ1v) is 12.6. The van der Waals surface area contributed by atoms with Crippen molar-refractivity contribution in [3.8, 4) is 0 Å². The minimum atomic E-state index is -2.72. The van der Waals surface area contributed by atoms with Crippen molar-refractivity contribution in [2.75, 3.05) is 19.0 Å². The van der Waals surface area contributed by atoms with Gasteiger partial charge in [-0.15, -0.1) is 0 Å². The number of carbonyl (C=O) groups is 1. The third-order valence-electron chi connectivity index (χ3n) is 7.16. The monoisotopic (exact) mass is 502 g/mol. The summed E-state index contributed by atoms with van der Waals surface area (Å²) in [6, 6.07) is 5.79. The molecule has 1 heterocycles. The maximum absolute atomic E-state index is 15.1. The van der Waals surface area contributed by atoms with Crippen LogP contribution in [-0.2, 0) is 17.8 Å². The van der Waals surface area contributed by atoms with Gasteiger partial charge in [0.05, 0.1) is 6.42 Å². The molecule has 3 rings (SSSR count). The van der Waals surface area contributed by atoms with Crippen LogP contribution in [-0.4, -0.2) is 50.2 Å². The van der Waals surface area contributed by atoms with Crippen LogP contribution in [0.15, 0.2) is 52.0 Å². The molecule has 0 bridgehead atoms. The first kappa shape index (κ1) is 27.8. The van der Waals surface area contributed by atoms with Gasteiger partial charge in [0.15, 0.2) is 5.84 Å². The van der Waals surface area contributed by atoms with Crippen molar-refractivity contribution in [2.24, 2.45) is 15.9 Å². The lowest BCUT2D eigenvalue weighted by molar-refractivity contribution is -0.117. The summed E-state index contributed by atoms with van der Waals surface area (Å²) in [6.45, 7) is 4.16. The zero-order valence-corrected chi connectivity index (χ0v) is 21.6. The lowest BCUT2D eigenvalue weighted by Crippen LogP contribution is -2.41. The SMILES string of the molecule is C/C=C\C=C(\CC[C@@H]1CC[C@@H](NCc2ccc3c(c2)N(C)C(=O)C3)[C@@H](F)C1)C(C)=NC(=NC)C(F)F. The van der Waals surface area contributed by atoms with Gasteiger partial charge in [0.2, 0.25) is 5.91 Å². The van der Waals surface area contributed by atoms with E-state index in [-0.39, 0.29) is 17.9 Å². The van der Waals surface area contributed by atoms with Crippen molar-refractivity contribution in [1.29, 1.82) is 0 Å². The van der Waals surface area contributed by atoms with E-state index in [1.807, 2.05) is 43.4 Å². The van der Waals surface area contributed by atoms with Gasteiger partial charge in [0.1, 0.15) is 6.17 Å². The lowest BCUT2D eigenvalue weighted by atomic mass is 9.81. The smallest absolute Gasteiger partial charge is 0.296 e. The van der Waals surface area contributed by atoms with Crippen LogP contribution in [0.3, 0.4) is 0 Å². The molecule has 5 nitrogen and oxygen atoms in total. The summed E-state index contributed by atoms with van der Waals surface area (Å²) in [5, 5.41) is 3.37. The normalized spacial score (nSPS) is 23.8. The van der Waals surface area contributed by atoms with Gasteiger partial charge in [-0.05, 0) is 74.6 Å². The Morgan fingerprint density at radius 1 is 1.31 bits per heavy atom. The molecule has 36 heavy (non-hydrogen) atoms. The van der Waals surface area contributed by atoms with E-state index in [2.05, 4.69) is 15.3 Å². The molecule has 8 heteroatoms. The Morgan fingerprint density at radius 3 is 2.75 bits per heavy atom. The fraction of sp³-hybridized carbons (Fsp3) is 0.536. The van der Waals surface area contributed by atoms with Crippen molar-refractivity contribution in [1.82, 2.24) is 5.32 Å². The average molecular weight is 503 g/mol. The maximum atomic E-state index is 15.1. The number of halogens is 3. The van der Waals surface area contributed by atoms with Gasteiger partial charge in [0.25, 0.3) is 6.43 Å². The van der Waals surface area contributed by atoms with E-state index >= 15 is 4.39 Å². The fourth-order valence-electron chi connectivity index (χ4n) is 4.93. The van der Waals surface area contributed by atoms with E-state index in [1.165, 1.54) is 7.05 Å². The number of fused-ring (bicyclic) bond motifs is 1. The highest BCUT2D eigenvalue weighted by Crippen LogP contribution is 2.32. The van der Waals surface area contributed by atoms with Crippen LogP contribution in [0.1, 0.15) is 57.1 Å². The van der Waals surface area contributed by atoms with Crippen LogP contribution in [0, 0.1) is 5.92 Å². The molecule has 1 amide bonds. The summed E-state index contributed by atoms with van der Waals surface area (Å²) < 4.78 is 41.2. The number of hydrogen-bond donors (Lipinski definition) is 1. The standard InChI is InChI=1S/C28H37F3N4O/c1-5-6-7-21(18(2)34-28(32-3)27(30)31)11-8-19-10-13-24(23(29)14-19)33-17-20-9-12-22-16-26(36)35(4)25(22)15-20/h5-7,9,12,15,19,23-24,27,33H,8,10-11,13-14,16-17H2,1-4H3/b6-5-,21-7-,32-28?,34-18?/t19-,23+,24-/m1/s1. The van der Waals surface area contributed by atoms with Gasteiger partial charge in [-0.2, -0.15) is 0 Å². The second kappa shape index (κ2) is 13.0. The van der Waals surface area contributed by atoms with Crippen LogP contribution in [0.2, 0.25) is 0 Å². The lowest BCUT2D eigenvalue weighted by Gasteiger charge is -2.32. The number of hydrogen-bond acceptors (Lipinski definition) is 3. The molecule has 2 aliphatic rings. The summed E-state index contributed by atoms with van der Waals surface area (Å²) in [4.78, 5) is 21.2. The summed E-state index contributed by atoms with van der Waals surface area (Å²) in [6.07, 6.45) is 5.96. The maximum Gasteiger partial charge on any atom is 0.296 e. The predicted molar refractivity (Wildman–Crippen MR) is 141 cm³/mol. The Kier molecular flexibility index (Phi) is 10.0. The molecule has 0 unspecified atom stereocenters. The number of allylic oxidation sites excluding steroid dienone is 4. The number of amidine groups is 1. The van der Waals surface area contributed by atoms with Crippen LogP contribution in [0.5, 0.6) is 0 Å². The summed E-state index contributed by atoms with van der Waals surface area (Å²) in [5.74, 6) is -0.153. The second-order valence-corrected chi connectivity index (χ2v) is 9.61. The molecule has 3 atom stereocenters. The van der Waals surface area contributed by atoms with E-state index in [1.54, 1.807) is 18.9 Å². The van der Waals surface area contributed by atoms with E-state index in [9.17, 15) is 13.6 Å². The van der Waals surface area contributed by atoms with Crippen LogP contribution >= 0.6 is 0 Å². The van der Waals surface area contributed by atoms with Crippen molar-refractivity contribution in [3.05, 3.63) is 53.1 Å². The minimum Gasteiger partial charge on any atom is -0.315 e. The van der Waals surface area contributed by atoms with Crippen LogP contribution < -0.4 is 10.2 Å². The molecule has 1 N–H and O–H groups in total. The third kappa shape index (κ3) is 7.15. The van der Waals surface area contributed by atoms with Gasteiger partial charge >= 0.3 is 0 Å². The van der Waals surface area contributed by atoms with E-state index in [0.717, 1.165) is 41.6 Å². The summed E-state index contributed by atoms with van der Waals surface area (Å²) in [7, 11) is 3.09. The predicted octanol–water partition coefficient (Wildman–Crippen LogP) is 5.84. The van der Waals surface area contributed by atoms with Crippen LogP contribution in [0.4, 0.5) is 18.9 Å². The molecule has 0 aromatic heterocycles. The molecule has 1 fully saturated rings. The molecule has 0 spiro atoms. The molecule has 1 saturated carbocycles. The number of benzene rings is 1. The van der Waals surface area contributed by atoms with Gasteiger partial charge in [-0.3, -0.25) is 9.79 Å². The Hall–Kier alpha value is -2.74. The van der Waals surface area contributed by atoms with Crippen molar-refractivity contribution in [2.45, 2.75) is 77.6 Å². The minimum absolute atomic E-state index is 0.0930. The first-order valence-electron chi connectivity index (χ1n) is 12.6. The van der Waals surface area contributed by atoms with Crippen molar-refractivity contribution >= 4 is 23.1 Å². The molecule has 196 valence electrons. The molecular weight excluding hydrogens is 465 g/mol. The molecule has 1 aromatic carbocycles. The number of anilines is 1. The number of likely N-dealkylation sites (N-methyl/N-ethyl adjacent to an activating group) is 1. The number of carbonyl (C=O) groups excluding carboxylic acids is 1. The number of nitrogens with one attached hydrogen (secondary N) is 1. The number of rotatable bonds is 9. The van der Waals surface area contributed by atoms with Gasteiger partial charge < -0.3 is 10.2 Å². The van der Waals surface area contributed by atoms with Gasteiger partial charge in [-0.1, -0.05) is 30.4 Å². The Morgan fingerprint density at radius 2 is 2.08 bits per heavy atom. The quantitative estimate of drug-likeness (QED) is 0.262. The third-order valence-corrected chi connectivity index (χ3v) is 7.16. The number of aliphatic imine (C=N–C) groups is 2. The topological polar surface area (TPSA) is 57.1 Å². The zero-order valence-electron chi connectivity index (χ0n) is 21.6. The van der Waals surface area contributed by atoms with E-state index in [4.69, 9.17) is 0 Å². The molecule has 1 aliphatic heterocycles. The summed E-state index contributed by atoms with van der Waals surface area (Å²) in [5.41, 5.74) is 4.39. The Bertz CT molecular complexity index is 1050. The van der Waals surface area contributed by atoms with E-state index < -0.39 is 18.4 Å². The highest BCUT2D eigenvalue weighted by Gasteiger charge is 2.30. The van der Waals surface area contributed by atoms with E-state index in [0.29, 0.717) is 31.5 Å². The van der Waals surface area contributed by atoms with Crippen LogP contribution in [0.25, 0.3) is 0 Å². The fourth-order valence-corrected chi connectivity index (χ4v) is 4.93. The summed E-state index contributed by atoms with van der Waals surface area (Å²) >= 11 is 0. The Balaban J connectivity index is 1.53. The highest BCUT2D eigenvalue weighted by molar-refractivity contribution is 6.06. The van der Waals surface area contributed by atoms with Gasteiger partial charge in [-0.25, -0.2) is 18.2 Å². The average Bonchev–Trinajstić information content (AvgIpc) is 3.14. The number of amides is 1. The van der Waals surface area contributed by atoms with Crippen molar-refractivity contribution < 1.29 is 18.0 Å². The second-order valence-electron chi connectivity index (χ2n) is 9.61. The first-order chi connectivity index (χ1) is 17.2. The number of nitrogens with zero attached hydrogens (tertiary/aromatic N) is 3. The Labute approximate surface area is 212 Å². The highest BCUT2D eigenvalue weighted by atomic mass is 19.3. The number of alkyl halides is 3. The van der Waals surface area contributed by atoms with Gasteiger partial charge in [0, 0.05) is 38.1 Å². The molecule has 1 aliphatic carbocycles. The largest absolute Gasteiger partial charge is 0.315 e.